The summed E-state index contributed by atoms with van der Waals surface area (Å²) < 4.78 is 5.62. The largest absolute Gasteiger partial charge is 0.483 e. The van der Waals surface area contributed by atoms with Gasteiger partial charge in [-0.25, -0.2) is 0 Å². The Bertz CT molecular complexity index is 482. The highest BCUT2D eigenvalue weighted by Gasteiger charge is 2.15. The normalized spacial score (nSPS) is 11.6. The van der Waals surface area contributed by atoms with Gasteiger partial charge in [0.05, 0.1) is 0 Å². The molecule has 0 aromatic heterocycles. The van der Waals surface area contributed by atoms with Crippen molar-refractivity contribution in [1.29, 1.82) is 0 Å². The van der Waals surface area contributed by atoms with E-state index in [1.165, 1.54) is 0 Å². The van der Waals surface area contributed by atoms with E-state index in [0.29, 0.717) is 23.4 Å². The third kappa shape index (κ3) is 6.82. The molecule has 0 atom stereocenters. The molecular weight excluding hydrogens is 288 g/mol. The minimum Gasteiger partial charge on any atom is -0.483 e. The lowest BCUT2D eigenvalue weighted by molar-refractivity contribution is -0.124. The van der Waals surface area contributed by atoms with Crippen LogP contribution < -0.4 is 15.4 Å². The van der Waals surface area contributed by atoms with Gasteiger partial charge in [0.1, 0.15) is 5.75 Å². The molecule has 21 heavy (non-hydrogen) atoms. The molecule has 0 aliphatic rings. The van der Waals surface area contributed by atoms with Crippen molar-refractivity contribution < 1.29 is 9.53 Å². The first-order valence-corrected chi connectivity index (χ1v) is 7.51. The van der Waals surface area contributed by atoms with Crippen molar-refractivity contribution in [3.63, 3.8) is 0 Å². The fourth-order valence-electron chi connectivity index (χ4n) is 1.75. The SMILES string of the molecule is CC(C)NCc1c(Cl)cccc1OCC(=O)NC(C)(C)C. The number of ether oxygens (including phenoxy) is 1. The number of carbonyl (C=O) groups is 1. The number of nitrogens with one attached hydrogen (secondary N) is 2. The zero-order valence-corrected chi connectivity index (χ0v) is 14.2. The summed E-state index contributed by atoms with van der Waals surface area (Å²) in [5.41, 5.74) is 0.605. The van der Waals surface area contributed by atoms with Gasteiger partial charge >= 0.3 is 0 Å². The minimum atomic E-state index is -0.267. The second kappa shape index (κ2) is 7.66. The van der Waals surface area contributed by atoms with E-state index in [4.69, 9.17) is 16.3 Å². The van der Waals surface area contributed by atoms with E-state index in [-0.39, 0.29) is 18.1 Å². The van der Waals surface area contributed by atoms with E-state index >= 15 is 0 Å². The van der Waals surface area contributed by atoms with Crippen LogP contribution in [-0.4, -0.2) is 24.1 Å². The Morgan fingerprint density at radius 2 is 2.00 bits per heavy atom. The lowest BCUT2D eigenvalue weighted by Gasteiger charge is -2.21. The molecule has 0 saturated carbocycles. The third-order valence-corrected chi connectivity index (χ3v) is 2.99. The van der Waals surface area contributed by atoms with Crippen LogP contribution in [0.2, 0.25) is 5.02 Å². The summed E-state index contributed by atoms with van der Waals surface area (Å²) in [6.45, 7) is 10.5. The van der Waals surface area contributed by atoms with Crippen molar-refractivity contribution in [2.24, 2.45) is 0 Å². The summed E-state index contributed by atoms with van der Waals surface area (Å²) in [6, 6.07) is 5.81. The van der Waals surface area contributed by atoms with Gasteiger partial charge in [0.2, 0.25) is 0 Å². The van der Waals surface area contributed by atoms with Crippen molar-refractivity contribution in [3.05, 3.63) is 28.8 Å². The molecule has 1 aromatic carbocycles. The summed E-state index contributed by atoms with van der Waals surface area (Å²) in [5.74, 6) is 0.491. The monoisotopic (exact) mass is 312 g/mol. The maximum Gasteiger partial charge on any atom is 0.258 e. The smallest absolute Gasteiger partial charge is 0.258 e. The summed E-state index contributed by atoms with van der Waals surface area (Å²) in [6.07, 6.45) is 0. The maximum absolute atomic E-state index is 11.8. The van der Waals surface area contributed by atoms with Crippen molar-refractivity contribution >= 4 is 17.5 Å². The molecule has 1 rings (SSSR count). The quantitative estimate of drug-likeness (QED) is 0.848. The second-order valence-corrected chi connectivity index (χ2v) is 6.75. The number of rotatable bonds is 6. The topological polar surface area (TPSA) is 50.4 Å². The number of amides is 1. The highest BCUT2D eigenvalue weighted by molar-refractivity contribution is 6.31. The zero-order chi connectivity index (χ0) is 16.0. The Morgan fingerprint density at radius 1 is 1.33 bits per heavy atom. The third-order valence-electron chi connectivity index (χ3n) is 2.64. The van der Waals surface area contributed by atoms with Gasteiger partial charge in [0.15, 0.2) is 6.61 Å². The molecule has 5 heteroatoms. The second-order valence-electron chi connectivity index (χ2n) is 6.34. The first kappa shape index (κ1) is 17.8. The lowest BCUT2D eigenvalue weighted by Crippen LogP contribution is -2.43. The summed E-state index contributed by atoms with van der Waals surface area (Å²) >= 11 is 6.21. The van der Waals surface area contributed by atoms with Crippen molar-refractivity contribution in [2.75, 3.05) is 6.61 Å². The van der Waals surface area contributed by atoms with E-state index in [1.807, 2.05) is 39.0 Å². The van der Waals surface area contributed by atoms with Crippen LogP contribution in [0.5, 0.6) is 5.75 Å². The van der Waals surface area contributed by atoms with Gasteiger partial charge < -0.3 is 15.4 Å². The van der Waals surface area contributed by atoms with E-state index in [0.717, 1.165) is 5.56 Å². The highest BCUT2D eigenvalue weighted by atomic mass is 35.5. The Balaban J connectivity index is 2.70. The van der Waals surface area contributed by atoms with Gasteiger partial charge in [-0.3, -0.25) is 4.79 Å². The molecule has 1 amide bonds. The molecule has 0 spiro atoms. The Labute approximate surface area is 132 Å². The van der Waals surface area contributed by atoms with Gasteiger partial charge in [0, 0.05) is 28.7 Å². The fraction of sp³-hybridized carbons (Fsp3) is 0.562. The summed E-state index contributed by atoms with van der Waals surface area (Å²) in [5, 5.41) is 6.80. The van der Waals surface area contributed by atoms with E-state index in [1.54, 1.807) is 0 Å². The van der Waals surface area contributed by atoms with Gasteiger partial charge in [0.25, 0.3) is 5.91 Å². The molecule has 0 heterocycles. The maximum atomic E-state index is 11.8. The predicted molar refractivity (Wildman–Crippen MR) is 86.8 cm³/mol. The van der Waals surface area contributed by atoms with Crippen molar-refractivity contribution in [2.45, 2.75) is 52.7 Å². The minimum absolute atomic E-state index is 0.0215. The van der Waals surface area contributed by atoms with Crippen LogP contribution in [0.3, 0.4) is 0 Å². The number of hydrogen-bond donors (Lipinski definition) is 2. The molecule has 0 radical (unpaired) electrons. The average Bonchev–Trinajstić information content (AvgIpc) is 2.32. The highest BCUT2D eigenvalue weighted by Crippen LogP contribution is 2.26. The Hall–Kier alpha value is -1.26. The van der Waals surface area contributed by atoms with Crippen molar-refractivity contribution in [3.8, 4) is 5.75 Å². The molecule has 0 saturated heterocycles. The molecule has 4 nitrogen and oxygen atoms in total. The Morgan fingerprint density at radius 3 is 2.57 bits per heavy atom. The summed E-state index contributed by atoms with van der Waals surface area (Å²) in [4.78, 5) is 11.8. The molecule has 2 N–H and O–H groups in total. The van der Waals surface area contributed by atoms with Crippen LogP contribution >= 0.6 is 11.6 Å². The summed E-state index contributed by atoms with van der Waals surface area (Å²) in [7, 11) is 0. The molecule has 0 aliphatic carbocycles. The van der Waals surface area contributed by atoms with Gasteiger partial charge in [-0.15, -0.1) is 0 Å². The van der Waals surface area contributed by atoms with Gasteiger partial charge in [-0.05, 0) is 32.9 Å². The van der Waals surface area contributed by atoms with Crippen LogP contribution in [0.25, 0.3) is 0 Å². The molecule has 0 fully saturated rings. The first-order chi connectivity index (χ1) is 9.69. The standard InChI is InChI=1S/C16H25ClN2O2/c1-11(2)18-9-12-13(17)7-6-8-14(12)21-10-15(20)19-16(3,4)5/h6-8,11,18H,9-10H2,1-5H3,(H,19,20). The Kier molecular flexibility index (Phi) is 6.49. The zero-order valence-electron chi connectivity index (χ0n) is 13.4. The van der Waals surface area contributed by atoms with Crippen LogP contribution in [0, 0.1) is 0 Å². The molecule has 0 bridgehead atoms. The lowest BCUT2D eigenvalue weighted by atomic mass is 10.1. The van der Waals surface area contributed by atoms with Crippen molar-refractivity contribution in [1.82, 2.24) is 10.6 Å². The van der Waals surface area contributed by atoms with Gasteiger partial charge in [-0.1, -0.05) is 31.5 Å². The van der Waals surface area contributed by atoms with E-state index in [2.05, 4.69) is 24.5 Å². The van der Waals surface area contributed by atoms with Crippen LogP contribution in [0.4, 0.5) is 0 Å². The fourth-order valence-corrected chi connectivity index (χ4v) is 1.98. The molecule has 1 aromatic rings. The van der Waals surface area contributed by atoms with E-state index < -0.39 is 0 Å². The van der Waals surface area contributed by atoms with Gasteiger partial charge in [-0.2, -0.15) is 0 Å². The number of hydrogen-bond acceptors (Lipinski definition) is 3. The van der Waals surface area contributed by atoms with E-state index in [9.17, 15) is 4.79 Å². The molecule has 118 valence electrons. The number of carbonyl (C=O) groups excluding carboxylic acids is 1. The molecular formula is C16H25ClN2O2. The molecule has 0 unspecified atom stereocenters. The number of benzene rings is 1. The van der Waals surface area contributed by atoms with Crippen LogP contribution in [0.1, 0.15) is 40.2 Å². The first-order valence-electron chi connectivity index (χ1n) is 7.13. The number of halogens is 1. The molecule has 0 aliphatic heterocycles. The predicted octanol–water partition coefficient (Wildman–Crippen LogP) is 3.13. The average molecular weight is 313 g/mol. The van der Waals surface area contributed by atoms with Crippen LogP contribution in [0.15, 0.2) is 18.2 Å². The van der Waals surface area contributed by atoms with Crippen LogP contribution in [-0.2, 0) is 11.3 Å².